The molecule has 0 aliphatic heterocycles. The van der Waals surface area contributed by atoms with Gasteiger partial charge in [-0.15, -0.1) is 0 Å². The molecule has 0 radical (unpaired) electrons. The van der Waals surface area contributed by atoms with Gasteiger partial charge in [-0.3, -0.25) is 0 Å². The minimum absolute atomic E-state index is 0.0260. The molecule has 3 rings (SSSR count). The number of aromatic nitrogens is 3. The Bertz CT molecular complexity index is 1060. The van der Waals surface area contributed by atoms with Gasteiger partial charge in [0, 0.05) is 17.5 Å². The Morgan fingerprint density at radius 2 is 1.75 bits per heavy atom. The average molecular weight is 430 g/mol. The summed E-state index contributed by atoms with van der Waals surface area (Å²) in [7, 11) is 1.65. The van der Waals surface area contributed by atoms with Gasteiger partial charge in [0.1, 0.15) is 17.3 Å². The monoisotopic (exact) mass is 429 g/mol. The highest BCUT2D eigenvalue weighted by atomic mass is 16.5. The average Bonchev–Trinajstić information content (AvgIpc) is 2.84. The lowest BCUT2D eigenvalue weighted by Crippen LogP contribution is -2.06. The van der Waals surface area contributed by atoms with E-state index in [2.05, 4.69) is 19.9 Å². The van der Waals surface area contributed by atoms with Crippen LogP contribution in [0.3, 0.4) is 0 Å². The number of benzene rings is 2. The lowest BCUT2D eigenvalue weighted by molar-refractivity contribution is 0.307. The van der Waals surface area contributed by atoms with Crippen LogP contribution in [0.15, 0.2) is 72.8 Å². The van der Waals surface area contributed by atoms with Crippen LogP contribution < -0.4 is 9.47 Å². The number of nitrogens with zero attached hydrogens (tertiary/aromatic N) is 3. The van der Waals surface area contributed by atoms with Gasteiger partial charge in [-0.25, -0.2) is 15.0 Å². The molecule has 1 aromatic heterocycles. The van der Waals surface area contributed by atoms with E-state index >= 15 is 0 Å². The lowest BCUT2D eigenvalue weighted by atomic mass is 10.1. The first-order valence-corrected chi connectivity index (χ1v) is 11.1. The van der Waals surface area contributed by atoms with Gasteiger partial charge in [0.05, 0.1) is 19.3 Å². The van der Waals surface area contributed by atoms with Crippen LogP contribution in [0, 0.1) is 0 Å². The van der Waals surface area contributed by atoms with E-state index in [0.29, 0.717) is 29.8 Å². The molecule has 0 bridgehead atoms. The van der Waals surface area contributed by atoms with Crippen molar-refractivity contribution in [1.82, 2.24) is 15.0 Å². The molecule has 0 saturated carbocycles. The zero-order chi connectivity index (χ0) is 22.8. The second-order valence-electron chi connectivity index (χ2n) is 7.47. The molecule has 0 saturated heterocycles. The molecule has 5 heteroatoms. The van der Waals surface area contributed by atoms with Gasteiger partial charge in [0.2, 0.25) is 0 Å². The predicted octanol–water partition coefficient (Wildman–Crippen LogP) is 6.63. The minimum atomic E-state index is 0.0260. The number of methoxy groups -OCH3 is 1. The molecule has 2 aromatic carbocycles. The summed E-state index contributed by atoms with van der Waals surface area (Å²) in [6.07, 6.45) is 10.2. The van der Waals surface area contributed by atoms with Gasteiger partial charge < -0.3 is 9.47 Å². The summed E-state index contributed by atoms with van der Waals surface area (Å²) < 4.78 is 11.5. The Morgan fingerprint density at radius 1 is 0.969 bits per heavy atom. The molecule has 32 heavy (non-hydrogen) atoms. The molecule has 0 N–H and O–H groups in total. The minimum Gasteiger partial charge on any atom is -0.496 e. The molecule has 0 aliphatic carbocycles. The summed E-state index contributed by atoms with van der Waals surface area (Å²) in [4.78, 5) is 14.4. The van der Waals surface area contributed by atoms with Crippen LogP contribution in [0.1, 0.15) is 45.4 Å². The second-order valence-corrected chi connectivity index (χ2v) is 7.47. The van der Waals surface area contributed by atoms with Crippen molar-refractivity contribution in [2.75, 3.05) is 13.7 Å². The fourth-order valence-corrected chi connectivity index (χ4v) is 3.14. The van der Waals surface area contributed by atoms with E-state index in [0.717, 1.165) is 29.7 Å². The summed E-state index contributed by atoms with van der Waals surface area (Å²) in [5.41, 5.74) is 1.75. The number of allylic oxidation sites excluding steroid dienone is 4. The van der Waals surface area contributed by atoms with E-state index in [9.17, 15) is 0 Å². The summed E-state index contributed by atoms with van der Waals surface area (Å²) in [6, 6.07) is 15.7. The molecule has 3 aromatic rings. The zero-order valence-electron chi connectivity index (χ0n) is 19.3. The standard InChI is InChI=1S/C27H31N3O2/c1-5-7-10-13-20(3)25-28-26(21-14-11-9-12-15-21)30-27(29-25)23-17-16-22(19-24(23)31-4)32-18-8-6-2/h5,7,9-17,19-20H,6,8,18H2,1-4H3/b7-5-,13-10-. The fourth-order valence-electron chi connectivity index (χ4n) is 3.14. The van der Waals surface area contributed by atoms with Crippen molar-refractivity contribution in [2.24, 2.45) is 0 Å². The lowest BCUT2D eigenvalue weighted by Gasteiger charge is -2.14. The summed E-state index contributed by atoms with van der Waals surface area (Å²) in [6.45, 7) is 6.90. The molecule has 5 nitrogen and oxygen atoms in total. The normalized spacial score (nSPS) is 12.4. The first-order valence-electron chi connectivity index (χ1n) is 11.1. The van der Waals surface area contributed by atoms with Crippen molar-refractivity contribution in [2.45, 2.75) is 39.5 Å². The largest absolute Gasteiger partial charge is 0.496 e. The second kappa shape index (κ2) is 11.8. The SMILES string of the molecule is C/C=C\C=C/C(C)c1nc(-c2ccccc2)nc(-c2ccc(OCCCC)cc2OC)n1. The van der Waals surface area contributed by atoms with Gasteiger partial charge in [-0.05, 0) is 25.5 Å². The number of hydrogen-bond acceptors (Lipinski definition) is 5. The van der Waals surface area contributed by atoms with Crippen molar-refractivity contribution in [3.63, 3.8) is 0 Å². The Hall–Kier alpha value is -3.47. The summed E-state index contributed by atoms with van der Waals surface area (Å²) in [5.74, 6) is 3.41. The Labute approximate surface area is 190 Å². The van der Waals surface area contributed by atoms with Gasteiger partial charge in [0.15, 0.2) is 11.6 Å². The van der Waals surface area contributed by atoms with E-state index in [1.54, 1.807) is 7.11 Å². The molecule has 1 unspecified atom stereocenters. The van der Waals surface area contributed by atoms with Crippen LogP contribution in [0.4, 0.5) is 0 Å². The Kier molecular flexibility index (Phi) is 8.55. The van der Waals surface area contributed by atoms with E-state index < -0.39 is 0 Å². The highest BCUT2D eigenvalue weighted by Crippen LogP contribution is 2.33. The van der Waals surface area contributed by atoms with Crippen LogP contribution in [-0.4, -0.2) is 28.7 Å². The van der Waals surface area contributed by atoms with Crippen molar-refractivity contribution < 1.29 is 9.47 Å². The van der Waals surface area contributed by atoms with Crippen LogP contribution >= 0.6 is 0 Å². The van der Waals surface area contributed by atoms with E-state index in [1.165, 1.54) is 0 Å². The van der Waals surface area contributed by atoms with Crippen LogP contribution in [0.25, 0.3) is 22.8 Å². The molecule has 1 atom stereocenters. The molecule has 0 aliphatic rings. The summed E-state index contributed by atoms with van der Waals surface area (Å²) in [5, 5.41) is 0. The molecule has 0 amide bonds. The fraction of sp³-hybridized carbons (Fsp3) is 0.296. The third-order valence-electron chi connectivity index (χ3n) is 4.98. The van der Waals surface area contributed by atoms with Gasteiger partial charge in [-0.1, -0.05) is 74.9 Å². The number of rotatable bonds is 10. The number of hydrogen-bond donors (Lipinski definition) is 0. The topological polar surface area (TPSA) is 57.1 Å². The molecular formula is C27H31N3O2. The highest BCUT2D eigenvalue weighted by molar-refractivity contribution is 5.68. The Morgan fingerprint density at radius 3 is 2.47 bits per heavy atom. The number of ether oxygens (including phenoxy) is 2. The maximum Gasteiger partial charge on any atom is 0.167 e. The molecule has 0 spiro atoms. The third kappa shape index (κ3) is 6.03. The van der Waals surface area contributed by atoms with Crippen LogP contribution in [-0.2, 0) is 0 Å². The molecule has 1 heterocycles. The molecular weight excluding hydrogens is 398 g/mol. The maximum absolute atomic E-state index is 5.84. The van der Waals surface area contributed by atoms with Crippen LogP contribution in [0.2, 0.25) is 0 Å². The van der Waals surface area contributed by atoms with Crippen molar-refractivity contribution in [3.8, 4) is 34.3 Å². The Balaban J connectivity index is 2.05. The van der Waals surface area contributed by atoms with E-state index in [4.69, 9.17) is 24.4 Å². The molecule has 166 valence electrons. The van der Waals surface area contributed by atoms with Crippen molar-refractivity contribution in [3.05, 3.63) is 78.7 Å². The smallest absolute Gasteiger partial charge is 0.167 e. The maximum atomic E-state index is 5.84. The van der Waals surface area contributed by atoms with Gasteiger partial charge >= 0.3 is 0 Å². The zero-order valence-corrected chi connectivity index (χ0v) is 19.3. The molecule has 0 fully saturated rings. The van der Waals surface area contributed by atoms with E-state index in [-0.39, 0.29) is 5.92 Å². The first kappa shape index (κ1) is 23.2. The van der Waals surface area contributed by atoms with Crippen molar-refractivity contribution >= 4 is 0 Å². The van der Waals surface area contributed by atoms with Crippen LogP contribution in [0.5, 0.6) is 11.5 Å². The number of unbranched alkanes of at least 4 members (excludes halogenated alkanes) is 1. The van der Waals surface area contributed by atoms with E-state index in [1.807, 2.05) is 73.7 Å². The van der Waals surface area contributed by atoms with Crippen molar-refractivity contribution in [1.29, 1.82) is 0 Å². The quantitative estimate of drug-likeness (QED) is 0.267. The summed E-state index contributed by atoms with van der Waals surface area (Å²) >= 11 is 0. The predicted molar refractivity (Wildman–Crippen MR) is 130 cm³/mol. The third-order valence-corrected chi connectivity index (χ3v) is 4.98. The van der Waals surface area contributed by atoms with Gasteiger partial charge in [-0.2, -0.15) is 0 Å². The van der Waals surface area contributed by atoms with Gasteiger partial charge in [0.25, 0.3) is 0 Å². The highest BCUT2D eigenvalue weighted by Gasteiger charge is 2.17. The first-order chi connectivity index (χ1) is 15.7.